The van der Waals surface area contributed by atoms with Gasteiger partial charge in [0.1, 0.15) is 0 Å². The van der Waals surface area contributed by atoms with Crippen molar-refractivity contribution in [1.29, 1.82) is 5.26 Å². The van der Waals surface area contributed by atoms with Gasteiger partial charge in [0.2, 0.25) is 5.91 Å². The zero-order chi connectivity index (χ0) is 15.5. The summed E-state index contributed by atoms with van der Waals surface area (Å²) in [6, 6.07) is 16.1. The number of rotatable bonds is 3. The Labute approximate surface area is 127 Å². The normalized spacial score (nSPS) is 15.6. The highest BCUT2D eigenvalue weighted by atomic mass is 16.2. The molecule has 0 saturated carbocycles. The van der Waals surface area contributed by atoms with Crippen molar-refractivity contribution in [1.82, 2.24) is 0 Å². The topological polar surface area (TPSA) is 82.0 Å². The third kappa shape index (κ3) is 2.54. The van der Waals surface area contributed by atoms with E-state index >= 15 is 0 Å². The maximum atomic E-state index is 12.1. The van der Waals surface area contributed by atoms with Gasteiger partial charge in [-0.2, -0.15) is 5.26 Å². The molecule has 1 atom stereocenters. The second-order valence-electron chi connectivity index (χ2n) is 5.03. The average Bonchev–Trinajstić information content (AvgIpc) is 2.84. The molecule has 0 fully saturated rings. The lowest BCUT2D eigenvalue weighted by molar-refractivity contribution is -0.116. The Morgan fingerprint density at radius 1 is 1.23 bits per heavy atom. The van der Waals surface area contributed by atoms with Crippen molar-refractivity contribution < 1.29 is 9.59 Å². The largest absolute Gasteiger partial charge is 0.325 e. The fourth-order valence-electron chi connectivity index (χ4n) is 2.49. The van der Waals surface area contributed by atoms with Crippen LogP contribution >= 0.6 is 0 Å². The Morgan fingerprint density at radius 3 is 2.73 bits per heavy atom. The number of benzene rings is 2. The van der Waals surface area contributed by atoms with Crippen LogP contribution in [0.4, 0.5) is 11.4 Å². The van der Waals surface area contributed by atoms with E-state index in [1.807, 2.05) is 12.1 Å². The lowest BCUT2D eigenvalue weighted by atomic mass is 9.97. The first kappa shape index (κ1) is 13.8. The van der Waals surface area contributed by atoms with Crippen LogP contribution < -0.4 is 10.6 Å². The first-order valence-corrected chi connectivity index (χ1v) is 6.87. The van der Waals surface area contributed by atoms with Crippen LogP contribution in [0.1, 0.15) is 28.3 Å². The van der Waals surface area contributed by atoms with Crippen LogP contribution in [0.5, 0.6) is 0 Å². The summed E-state index contributed by atoms with van der Waals surface area (Å²) >= 11 is 0. The molecule has 2 aromatic carbocycles. The molecule has 5 heteroatoms. The van der Waals surface area contributed by atoms with E-state index in [1.165, 1.54) is 0 Å². The van der Waals surface area contributed by atoms with Crippen molar-refractivity contribution in [3.05, 3.63) is 59.7 Å². The number of fused-ring (bicyclic) bond motifs is 1. The van der Waals surface area contributed by atoms with Crippen LogP contribution in [0.3, 0.4) is 0 Å². The summed E-state index contributed by atoms with van der Waals surface area (Å²) in [4.78, 5) is 24.0. The molecule has 1 aliphatic rings. The summed E-state index contributed by atoms with van der Waals surface area (Å²) in [6.45, 7) is 0. The number of anilines is 2. The van der Waals surface area contributed by atoms with Crippen LogP contribution in [0.2, 0.25) is 0 Å². The molecule has 0 aromatic heterocycles. The standard InChI is InChI=1S/C17H13N3O2/c18-9-8-13-14-10-12(6-7-15(14)20-17(13)22)19-16(21)11-4-2-1-3-5-11/h1-7,10,13H,8H2,(H,19,21)(H,20,22). The Morgan fingerprint density at radius 2 is 2.00 bits per heavy atom. The van der Waals surface area contributed by atoms with Crippen LogP contribution in [0, 0.1) is 11.3 Å². The van der Waals surface area contributed by atoms with Gasteiger partial charge in [-0.15, -0.1) is 0 Å². The molecular weight excluding hydrogens is 278 g/mol. The van der Waals surface area contributed by atoms with E-state index in [0.717, 1.165) is 5.56 Å². The second-order valence-corrected chi connectivity index (χ2v) is 5.03. The minimum absolute atomic E-state index is 0.120. The van der Waals surface area contributed by atoms with Gasteiger partial charge in [0.15, 0.2) is 0 Å². The highest BCUT2D eigenvalue weighted by Crippen LogP contribution is 2.36. The molecule has 1 aliphatic heterocycles. The van der Waals surface area contributed by atoms with Crippen LogP contribution in [-0.2, 0) is 4.79 Å². The molecular formula is C17H13N3O2. The molecule has 5 nitrogen and oxygen atoms in total. The van der Waals surface area contributed by atoms with E-state index in [1.54, 1.807) is 42.5 Å². The zero-order valence-electron chi connectivity index (χ0n) is 11.7. The third-order valence-electron chi connectivity index (χ3n) is 3.59. The van der Waals surface area contributed by atoms with Crippen molar-refractivity contribution in [3.8, 4) is 6.07 Å². The molecule has 0 bridgehead atoms. The molecule has 0 aliphatic carbocycles. The molecule has 2 amide bonds. The summed E-state index contributed by atoms with van der Waals surface area (Å²) in [6.07, 6.45) is 0.120. The van der Waals surface area contributed by atoms with Crippen molar-refractivity contribution in [2.45, 2.75) is 12.3 Å². The molecule has 2 N–H and O–H groups in total. The lowest BCUT2D eigenvalue weighted by Crippen LogP contribution is -2.12. The number of hydrogen-bond donors (Lipinski definition) is 2. The summed E-state index contributed by atoms with van der Waals surface area (Å²) in [5.41, 5.74) is 2.61. The van der Waals surface area contributed by atoms with Crippen LogP contribution in [0.15, 0.2) is 48.5 Å². The highest BCUT2D eigenvalue weighted by molar-refractivity contribution is 6.06. The van der Waals surface area contributed by atoms with Gasteiger partial charge >= 0.3 is 0 Å². The number of carbonyl (C=O) groups excluding carboxylic acids is 2. The Balaban J connectivity index is 1.84. The Bertz CT molecular complexity index is 778. The number of hydrogen-bond acceptors (Lipinski definition) is 3. The molecule has 0 saturated heterocycles. The minimum atomic E-state index is -0.478. The van der Waals surface area contributed by atoms with E-state index in [0.29, 0.717) is 16.9 Å². The van der Waals surface area contributed by atoms with Crippen LogP contribution in [-0.4, -0.2) is 11.8 Å². The predicted octanol–water partition coefficient (Wildman–Crippen LogP) is 2.89. The average molecular weight is 291 g/mol. The highest BCUT2D eigenvalue weighted by Gasteiger charge is 2.30. The summed E-state index contributed by atoms with van der Waals surface area (Å²) in [5.74, 6) is -0.869. The molecule has 2 aromatic rings. The number of amides is 2. The van der Waals surface area contributed by atoms with Gasteiger partial charge in [-0.05, 0) is 35.9 Å². The minimum Gasteiger partial charge on any atom is -0.325 e. The number of nitrogens with zero attached hydrogens (tertiary/aromatic N) is 1. The summed E-state index contributed by atoms with van der Waals surface area (Å²) < 4.78 is 0. The fraction of sp³-hybridized carbons (Fsp3) is 0.118. The van der Waals surface area contributed by atoms with Gasteiger partial charge in [0.25, 0.3) is 5.91 Å². The Hall–Kier alpha value is -3.13. The summed E-state index contributed by atoms with van der Waals surface area (Å²) in [5, 5.41) is 14.4. The van der Waals surface area contributed by atoms with E-state index in [2.05, 4.69) is 10.6 Å². The summed E-state index contributed by atoms with van der Waals surface area (Å²) in [7, 11) is 0. The smallest absolute Gasteiger partial charge is 0.255 e. The number of nitriles is 1. The molecule has 22 heavy (non-hydrogen) atoms. The monoisotopic (exact) mass is 291 g/mol. The maximum Gasteiger partial charge on any atom is 0.255 e. The predicted molar refractivity (Wildman–Crippen MR) is 82.4 cm³/mol. The van der Waals surface area contributed by atoms with Crippen molar-refractivity contribution in [2.75, 3.05) is 10.6 Å². The van der Waals surface area contributed by atoms with E-state index in [9.17, 15) is 9.59 Å². The van der Waals surface area contributed by atoms with Crippen molar-refractivity contribution in [2.24, 2.45) is 0 Å². The van der Waals surface area contributed by atoms with Crippen molar-refractivity contribution >= 4 is 23.2 Å². The van der Waals surface area contributed by atoms with Crippen molar-refractivity contribution in [3.63, 3.8) is 0 Å². The van der Waals surface area contributed by atoms with Gasteiger partial charge in [0.05, 0.1) is 18.4 Å². The number of nitrogens with one attached hydrogen (secondary N) is 2. The van der Waals surface area contributed by atoms with Gasteiger partial charge in [0, 0.05) is 16.9 Å². The number of carbonyl (C=O) groups is 2. The van der Waals surface area contributed by atoms with E-state index in [-0.39, 0.29) is 18.2 Å². The quantitative estimate of drug-likeness (QED) is 0.912. The molecule has 108 valence electrons. The van der Waals surface area contributed by atoms with Gasteiger partial charge in [-0.25, -0.2) is 0 Å². The third-order valence-corrected chi connectivity index (χ3v) is 3.59. The second kappa shape index (κ2) is 5.70. The van der Waals surface area contributed by atoms with Gasteiger partial charge in [-0.1, -0.05) is 18.2 Å². The van der Waals surface area contributed by atoms with E-state index in [4.69, 9.17) is 5.26 Å². The lowest BCUT2D eigenvalue weighted by Gasteiger charge is -2.09. The van der Waals surface area contributed by atoms with Crippen LogP contribution in [0.25, 0.3) is 0 Å². The Kier molecular flexibility index (Phi) is 3.58. The molecule has 0 spiro atoms. The molecule has 3 rings (SSSR count). The van der Waals surface area contributed by atoms with Gasteiger partial charge < -0.3 is 10.6 Å². The first-order valence-electron chi connectivity index (χ1n) is 6.87. The maximum absolute atomic E-state index is 12.1. The first-order chi connectivity index (χ1) is 10.7. The molecule has 1 heterocycles. The van der Waals surface area contributed by atoms with E-state index < -0.39 is 5.92 Å². The molecule has 1 unspecified atom stereocenters. The fourth-order valence-corrected chi connectivity index (χ4v) is 2.49. The molecule has 0 radical (unpaired) electrons. The zero-order valence-corrected chi connectivity index (χ0v) is 11.7. The van der Waals surface area contributed by atoms with Gasteiger partial charge in [-0.3, -0.25) is 9.59 Å². The SMILES string of the molecule is N#CCC1C(=O)Nc2ccc(NC(=O)c3ccccc3)cc21.